The molecule has 1 unspecified atom stereocenters. The van der Waals surface area contributed by atoms with Gasteiger partial charge in [0.15, 0.2) is 5.78 Å². The third-order valence-corrected chi connectivity index (χ3v) is 4.99. The third kappa shape index (κ3) is 3.92. The molecule has 1 aromatic rings. The zero-order chi connectivity index (χ0) is 19.6. The van der Waals surface area contributed by atoms with E-state index in [2.05, 4.69) is 5.32 Å². The predicted molar refractivity (Wildman–Crippen MR) is 103 cm³/mol. The van der Waals surface area contributed by atoms with E-state index < -0.39 is 5.92 Å². The van der Waals surface area contributed by atoms with Crippen molar-refractivity contribution >= 4 is 11.8 Å². The highest BCUT2D eigenvalue weighted by Crippen LogP contribution is 2.42. The van der Waals surface area contributed by atoms with Crippen molar-refractivity contribution in [2.24, 2.45) is 5.92 Å². The van der Waals surface area contributed by atoms with Crippen LogP contribution < -0.4 is 10.1 Å². The Morgan fingerprint density at radius 2 is 1.93 bits per heavy atom. The Hall–Kier alpha value is -2.56. The molecule has 0 fully saturated rings. The summed E-state index contributed by atoms with van der Waals surface area (Å²) in [6.07, 6.45) is 2.17. The Morgan fingerprint density at radius 3 is 2.56 bits per heavy atom. The molecule has 2 aliphatic rings. The van der Waals surface area contributed by atoms with E-state index in [0.717, 1.165) is 35.5 Å². The molecule has 0 spiro atoms. The number of dihydropyridines is 1. The number of benzene rings is 1. The normalized spacial score (nSPS) is 19.7. The summed E-state index contributed by atoms with van der Waals surface area (Å²) in [6, 6.07) is 7.56. The molecule has 0 aromatic heterocycles. The molecule has 0 bridgehead atoms. The first kappa shape index (κ1) is 19.2. The quantitative estimate of drug-likeness (QED) is 0.799. The van der Waals surface area contributed by atoms with E-state index in [1.807, 2.05) is 45.0 Å². The molecule has 1 aliphatic carbocycles. The number of carbonyl (C=O) groups excluding carboxylic acids is 2. The number of hydrogen-bond acceptors (Lipinski definition) is 5. The largest absolute Gasteiger partial charge is 0.497 e. The number of ketones is 1. The van der Waals surface area contributed by atoms with E-state index in [-0.39, 0.29) is 17.7 Å². The van der Waals surface area contributed by atoms with Crippen LogP contribution in [0.1, 0.15) is 51.5 Å². The molecule has 0 radical (unpaired) electrons. The SMILES string of the molecule is COc1ccc(C2C(C(=O)OCC(C)C)=C(C)NC3=C2C(=O)CCC3)cc1. The van der Waals surface area contributed by atoms with Crippen molar-refractivity contribution in [2.75, 3.05) is 13.7 Å². The lowest BCUT2D eigenvalue weighted by molar-refractivity contribution is -0.140. The highest BCUT2D eigenvalue weighted by atomic mass is 16.5. The molecular formula is C22H27NO4. The molecule has 3 rings (SSSR count). The Balaban J connectivity index is 2.06. The van der Waals surface area contributed by atoms with Crippen LogP contribution in [0.3, 0.4) is 0 Å². The van der Waals surface area contributed by atoms with Crippen LogP contribution >= 0.6 is 0 Å². The summed E-state index contributed by atoms with van der Waals surface area (Å²) >= 11 is 0. The smallest absolute Gasteiger partial charge is 0.336 e. The van der Waals surface area contributed by atoms with Crippen molar-refractivity contribution in [2.45, 2.75) is 46.0 Å². The van der Waals surface area contributed by atoms with Crippen LogP contribution in [0.2, 0.25) is 0 Å². The minimum absolute atomic E-state index is 0.103. The fourth-order valence-corrected chi connectivity index (χ4v) is 3.70. The standard InChI is InChI=1S/C22H27NO4/c1-13(2)12-27-22(25)19-14(3)23-17-6-5-7-18(24)21(17)20(19)15-8-10-16(26-4)11-9-15/h8-11,13,20,23H,5-7,12H2,1-4H3. The van der Waals surface area contributed by atoms with E-state index >= 15 is 0 Å². The number of carbonyl (C=O) groups is 2. The van der Waals surface area contributed by atoms with Gasteiger partial charge in [-0.05, 0) is 43.4 Å². The Labute approximate surface area is 160 Å². The van der Waals surface area contributed by atoms with Gasteiger partial charge in [-0.15, -0.1) is 0 Å². The Bertz CT molecular complexity index is 802. The molecule has 0 saturated heterocycles. The average molecular weight is 369 g/mol. The number of Topliss-reactive ketones (excluding diaryl/α,β-unsaturated/α-hetero) is 1. The molecule has 1 aromatic carbocycles. The van der Waals surface area contributed by atoms with Gasteiger partial charge in [-0.25, -0.2) is 4.79 Å². The van der Waals surface area contributed by atoms with Crippen LogP contribution in [0, 0.1) is 5.92 Å². The van der Waals surface area contributed by atoms with Gasteiger partial charge in [0.2, 0.25) is 0 Å². The second kappa shape index (κ2) is 7.99. The number of allylic oxidation sites excluding steroid dienone is 3. The van der Waals surface area contributed by atoms with Crippen molar-refractivity contribution in [3.63, 3.8) is 0 Å². The fraction of sp³-hybridized carbons (Fsp3) is 0.455. The van der Waals surface area contributed by atoms with Gasteiger partial charge >= 0.3 is 5.97 Å². The minimum atomic E-state index is -0.403. The Kier molecular flexibility index (Phi) is 5.68. The van der Waals surface area contributed by atoms with Crippen molar-refractivity contribution in [1.82, 2.24) is 5.32 Å². The molecule has 5 nitrogen and oxygen atoms in total. The van der Waals surface area contributed by atoms with E-state index in [0.29, 0.717) is 24.2 Å². The topological polar surface area (TPSA) is 64.6 Å². The molecular weight excluding hydrogens is 342 g/mol. The van der Waals surface area contributed by atoms with Crippen LogP contribution in [-0.2, 0) is 14.3 Å². The minimum Gasteiger partial charge on any atom is -0.497 e. The third-order valence-electron chi connectivity index (χ3n) is 4.99. The molecule has 1 atom stereocenters. The number of esters is 1. The first-order valence-electron chi connectivity index (χ1n) is 9.47. The summed E-state index contributed by atoms with van der Waals surface area (Å²) in [4.78, 5) is 25.7. The predicted octanol–water partition coefficient (Wildman–Crippen LogP) is 3.86. The zero-order valence-electron chi connectivity index (χ0n) is 16.4. The van der Waals surface area contributed by atoms with Crippen molar-refractivity contribution in [1.29, 1.82) is 0 Å². The second-order valence-corrected chi connectivity index (χ2v) is 7.53. The first-order valence-corrected chi connectivity index (χ1v) is 9.47. The molecule has 0 saturated carbocycles. The highest BCUT2D eigenvalue weighted by Gasteiger charge is 2.39. The number of nitrogens with one attached hydrogen (secondary N) is 1. The van der Waals surface area contributed by atoms with Crippen molar-refractivity contribution < 1.29 is 19.1 Å². The molecule has 1 N–H and O–H groups in total. The number of ether oxygens (including phenoxy) is 2. The van der Waals surface area contributed by atoms with Gasteiger partial charge in [0.1, 0.15) is 5.75 Å². The molecule has 1 heterocycles. The molecule has 144 valence electrons. The van der Waals surface area contributed by atoms with Gasteiger partial charge in [-0.2, -0.15) is 0 Å². The average Bonchev–Trinajstić information content (AvgIpc) is 2.65. The van der Waals surface area contributed by atoms with E-state index in [1.54, 1.807) is 7.11 Å². The van der Waals surface area contributed by atoms with Crippen LogP contribution in [0.25, 0.3) is 0 Å². The van der Waals surface area contributed by atoms with Gasteiger partial charge in [-0.3, -0.25) is 4.79 Å². The van der Waals surface area contributed by atoms with Gasteiger partial charge in [0.25, 0.3) is 0 Å². The molecule has 27 heavy (non-hydrogen) atoms. The molecule has 1 aliphatic heterocycles. The molecule has 5 heteroatoms. The van der Waals surface area contributed by atoms with Gasteiger partial charge in [-0.1, -0.05) is 26.0 Å². The summed E-state index contributed by atoms with van der Waals surface area (Å²) < 4.78 is 10.8. The van der Waals surface area contributed by atoms with E-state index in [1.165, 1.54) is 0 Å². The maximum atomic E-state index is 12.9. The lowest BCUT2D eigenvalue weighted by Crippen LogP contribution is -2.34. The van der Waals surface area contributed by atoms with Gasteiger partial charge in [0.05, 0.1) is 19.3 Å². The summed E-state index contributed by atoms with van der Waals surface area (Å²) in [7, 11) is 1.61. The van der Waals surface area contributed by atoms with Crippen molar-refractivity contribution in [3.05, 3.63) is 52.4 Å². The van der Waals surface area contributed by atoms with Crippen molar-refractivity contribution in [3.8, 4) is 5.75 Å². The van der Waals surface area contributed by atoms with Gasteiger partial charge in [0, 0.05) is 29.3 Å². The lowest BCUT2D eigenvalue weighted by atomic mass is 9.75. The van der Waals surface area contributed by atoms with Crippen LogP contribution in [-0.4, -0.2) is 25.5 Å². The number of hydrogen-bond donors (Lipinski definition) is 1. The van der Waals surface area contributed by atoms with Crippen LogP contribution in [0.15, 0.2) is 46.8 Å². The van der Waals surface area contributed by atoms with Crippen LogP contribution in [0.5, 0.6) is 5.75 Å². The van der Waals surface area contributed by atoms with E-state index in [4.69, 9.17) is 9.47 Å². The summed E-state index contributed by atoms with van der Waals surface area (Å²) in [6.45, 7) is 6.23. The zero-order valence-corrected chi connectivity index (χ0v) is 16.4. The monoisotopic (exact) mass is 369 g/mol. The van der Waals surface area contributed by atoms with E-state index in [9.17, 15) is 9.59 Å². The lowest BCUT2D eigenvalue weighted by Gasteiger charge is -2.34. The summed E-state index contributed by atoms with van der Waals surface area (Å²) in [5, 5.41) is 3.30. The second-order valence-electron chi connectivity index (χ2n) is 7.53. The summed E-state index contributed by atoms with van der Waals surface area (Å²) in [5.74, 6) is 0.323. The number of methoxy groups -OCH3 is 1. The summed E-state index contributed by atoms with van der Waals surface area (Å²) in [5.41, 5.74) is 3.82. The fourth-order valence-electron chi connectivity index (χ4n) is 3.70. The maximum Gasteiger partial charge on any atom is 0.336 e. The van der Waals surface area contributed by atoms with Gasteiger partial charge < -0.3 is 14.8 Å². The Morgan fingerprint density at radius 1 is 1.22 bits per heavy atom. The first-order chi connectivity index (χ1) is 12.9. The maximum absolute atomic E-state index is 12.9. The number of rotatable bonds is 5. The molecule has 0 amide bonds. The highest BCUT2D eigenvalue weighted by molar-refractivity contribution is 6.03. The van der Waals surface area contributed by atoms with Crippen LogP contribution in [0.4, 0.5) is 0 Å².